The number of rotatable bonds is 10. The van der Waals surface area contributed by atoms with E-state index in [-0.39, 0.29) is 24.0 Å². The summed E-state index contributed by atoms with van der Waals surface area (Å²) >= 11 is 0. The summed E-state index contributed by atoms with van der Waals surface area (Å²) in [7, 11) is 1.79. The Balaban J connectivity index is 0.00000385. The third-order valence-electron chi connectivity index (χ3n) is 5.53. The zero-order valence-corrected chi connectivity index (χ0v) is 22.4. The van der Waals surface area contributed by atoms with Crippen molar-refractivity contribution in [2.75, 3.05) is 44.9 Å². The van der Waals surface area contributed by atoms with E-state index in [1.54, 1.807) is 7.05 Å². The van der Waals surface area contributed by atoms with E-state index >= 15 is 0 Å². The Morgan fingerprint density at radius 1 is 1.06 bits per heavy atom. The fourth-order valence-electron chi connectivity index (χ4n) is 3.75. The predicted molar refractivity (Wildman–Crippen MR) is 146 cm³/mol. The molecule has 1 aromatic carbocycles. The maximum Gasteiger partial charge on any atom is 0.191 e. The second kappa shape index (κ2) is 15.0. The second-order valence-corrected chi connectivity index (χ2v) is 8.01. The molecule has 0 bridgehead atoms. The first-order valence-electron chi connectivity index (χ1n) is 11.6. The molecule has 1 aromatic heterocycles. The normalized spacial score (nSPS) is 13.9. The zero-order chi connectivity index (χ0) is 22.6. The lowest BCUT2D eigenvalue weighted by atomic mass is 10.1. The monoisotopic (exact) mass is 567 g/mol. The quantitative estimate of drug-likeness (QED) is 0.193. The van der Waals surface area contributed by atoms with E-state index in [1.807, 2.05) is 13.1 Å². The number of guanidine groups is 1. The molecule has 1 fully saturated rings. The van der Waals surface area contributed by atoms with Crippen molar-refractivity contribution in [1.29, 1.82) is 0 Å². The molecule has 33 heavy (non-hydrogen) atoms. The number of pyridine rings is 1. The van der Waals surface area contributed by atoms with Gasteiger partial charge in [-0.1, -0.05) is 12.1 Å². The minimum Gasteiger partial charge on any atom is -0.491 e. The van der Waals surface area contributed by atoms with Gasteiger partial charge in [0.1, 0.15) is 18.2 Å². The van der Waals surface area contributed by atoms with Crippen molar-refractivity contribution in [3.8, 4) is 5.75 Å². The maximum atomic E-state index is 5.95. The van der Waals surface area contributed by atoms with Crippen LogP contribution in [0.3, 0.4) is 0 Å². The molecule has 1 aliphatic heterocycles. The molecule has 8 heteroatoms. The molecule has 0 aliphatic carbocycles. The van der Waals surface area contributed by atoms with Crippen molar-refractivity contribution in [3.05, 3.63) is 53.2 Å². The van der Waals surface area contributed by atoms with Gasteiger partial charge in [-0.2, -0.15) is 0 Å². The fourth-order valence-corrected chi connectivity index (χ4v) is 3.75. The zero-order valence-electron chi connectivity index (χ0n) is 20.1. The second-order valence-electron chi connectivity index (χ2n) is 8.01. The van der Waals surface area contributed by atoms with Crippen molar-refractivity contribution in [1.82, 2.24) is 15.6 Å². The van der Waals surface area contributed by atoms with Gasteiger partial charge in [-0.05, 0) is 62.4 Å². The molecule has 3 rings (SSSR count). The summed E-state index contributed by atoms with van der Waals surface area (Å²) in [6.07, 6.45) is 5.71. The molecule has 182 valence electrons. The first-order chi connectivity index (χ1) is 15.7. The largest absolute Gasteiger partial charge is 0.491 e. The molecule has 2 N–H and O–H groups in total. The molecule has 0 atom stereocenters. The standard InChI is InChI=1S/C25H37N5O2.HI/c1-4-31-14-15-32-23-16-20(2)8-9-22(23)19-29-25(26-3)28-18-21-10-11-27-24(17-21)30-12-6-5-7-13-30;/h8-11,16-17H,4-7,12-15,18-19H2,1-3H3,(H2,26,28,29);1H. The number of ether oxygens (including phenoxy) is 2. The summed E-state index contributed by atoms with van der Waals surface area (Å²) < 4.78 is 11.3. The van der Waals surface area contributed by atoms with Gasteiger partial charge >= 0.3 is 0 Å². The van der Waals surface area contributed by atoms with Gasteiger partial charge in [0.05, 0.1) is 6.61 Å². The van der Waals surface area contributed by atoms with Crippen LogP contribution in [0, 0.1) is 6.92 Å². The molecule has 0 spiro atoms. The van der Waals surface area contributed by atoms with Gasteiger partial charge in [-0.25, -0.2) is 4.98 Å². The number of anilines is 1. The van der Waals surface area contributed by atoms with E-state index in [0.29, 0.717) is 32.9 Å². The molecule has 2 heterocycles. The number of halogens is 1. The van der Waals surface area contributed by atoms with Gasteiger partial charge in [-0.15, -0.1) is 24.0 Å². The number of piperidine rings is 1. The van der Waals surface area contributed by atoms with Crippen LogP contribution in [0.4, 0.5) is 5.82 Å². The van der Waals surface area contributed by atoms with Gasteiger partial charge in [0.25, 0.3) is 0 Å². The number of nitrogens with zero attached hydrogens (tertiary/aromatic N) is 3. The highest BCUT2D eigenvalue weighted by molar-refractivity contribution is 14.0. The third kappa shape index (κ3) is 9.00. The minimum absolute atomic E-state index is 0. The van der Waals surface area contributed by atoms with Crippen molar-refractivity contribution in [2.45, 2.75) is 46.2 Å². The Morgan fingerprint density at radius 2 is 1.85 bits per heavy atom. The highest BCUT2D eigenvalue weighted by Crippen LogP contribution is 2.21. The first kappa shape index (κ1) is 27.2. The maximum absolute atomic E-state index is 5.95. The smallest absolute Gasteiger partial charge is 0.191 e. The highest BCUT2D eigenvalue weighted by atomic mass is 127. The van der Waals surface area contributed by atoms with E-state index in [0.717, 1.165) is 36.2 Å². The molecule has 0 saturated carbocycles. The lowest BCUT2D eigenvalue weighted by Gasteiger charge is -2.28. The van der Waals surface area contributed by atoms with Gasteiger partial charge in [0, 0.05) is 51.6 Å². The number of aryl methyl sites for hydroxylation is 1. The van der Waals surface area contributed by atoms with E-state index < -0.39 is 0 Å². The summed E-state index contributed by atoms with van der Waals surface area (Å²) in [4.78, 5) is 11.3. The molecule has 1 saturated heterocycles. The third-order valence-corrected chi connectivity index (χ3v) is 5.53. The highest BCUT2D eigenvalue weighted by Gasteiger charge is 2.12. The van der Waals surface area contributed by atoms with Crippen LogP contribution in [-0.4, -0.2) is 50.9 Å². The number of aromatic nitrogens is 1. The van der Waals surface area contributed by atoms with Crippen LogP contribution in [-0.2, 0) is 17.8 Å². The van der Waals surface area contributed by atoms with Crippen LogP contribution in [0.15, 0.2) is 41.5 Å². The summed E-state index contributed by atoms with van der Waals surface area (Å²) in [6, 6.07) is 10.5. The van der Waals surface area contributed by atoms with E-state index in [9.17, 15) is 0 Å². The van der Waals surface area contributed by atoms with Crippen molar-refractivity contribution in [3.63, 3.8) is 0 Å². The predicted octanol–water partition coefficient (Wildman–Crippen LogP) is 4.28. The lowest BCUT2D eigenvalue weighted by Crippen LogP contribution is -2.36. The molecule has 7 nitrogen and oxygen atoms in total. The van der Waals surface area contributed by atoms with Crippen LogP contribution in [0.1, 0.15) is 42.9 Å². The lowest BCUT2D eigenvalue weighted by molar-refractivity contribution is 0.110. The summed E-state index contributed by atoms with van der Waals surface area (Å²) in [5.74, 6) is 2.70. The average molecular weight is 568 g/mol. The Bertz CT molecular complexity index is 872. The van der Waals surface area contributed by atoms with Gasteiger partial charge in [0.2, 0.25) is 0 Å². The molecule has 2 aromatic rings. The molecule has 0 radical (unpaired) electrons. The Kier molecular flexibility index (Phi) is 12.3. The number of benzene rings is 1. The van der Waals surface area contributed by atoms with Crippen molar-refractivity contribution in [2.24, 2.45) is 4.99 Å². The number of hydrogen-bond donors (Lipinski definition) is 2. The number of aliphatic imine (C=N–C) groups is 1. The Morgan fingerprint density at radius 3 is 2.61 bits per heavy atom. The summed E-state index contributed by atoms with van der Waals surface area (Å²) in [5, 5.41) is 6.81. The SMILES string of the molecule is CCOCCOc1cc(C)ccc1CNC(=NC)NCc1ccnc(N2CCCCC2)c1.I. The molecular formula is C25H38IN5O2. The number of nitrogens with one attached hydrogen (secondary N) is 2. The van der Waals surface area contributed by atoms with Gasteiger partial charge < -0.3 is 25.0 Å². The topological polar surface area (TPSA) is 71.0 Å². The van der Waals surface area contributed by atoms with Gasteiger partial charge in [-0.3, -0.25) is 4.99 Å². The Labute approximate surface area is 215 Å². The molecular weight excluding hydrogens is 529 g/mol. The van der Waals surface area contributed by atoms with Crippen LogP contribution in [0.2, 0.25) is 0 Å². The van der Waals surface area contributed by atoms with Crippen LogP contribution < -0.4 is 20.3 Å². The van der Waals surface area contributed by atoms with Crippen molar-refractivity contribution < 1.29 is 9.47 Å². The summed E-state index contributed by atoms with van der Waals surface area (Å²) in [5.41, 5.74) is 3.45. The van der Waals surface area contributed by atoms with Gasteiger partial charge in [0.15, 0.2) is 5.96 Å². The summed E-state index contributed by atoms with van der Waals surface area (Å²) in [6.45, 7) is 9.39. The van der Waals surface area contributed by atoms with Crippen molar-refractivity contribution >= 4 is 35.8 Å². The fraction of sp³-hybridized carbons (Fsp3) is 0.520. The molecule has 1 aliphatic rings. The first-order valence-corrected chi connectivity index (χ1v) is 11.6. The van der Waals surface area contributed by atoms with E-state index in [2.05, 4.69) is 62.8 Å². The number of hydrogen-bond acceptors (Lipinski definition) is 5. The van der Waals surface area contributed by atoms with Crippen LogP contribution >= 0.6 is 24.0 Å². The van der Waals surface area contributed by atoms with E-state index in [1.165, 1.54) is 30.4 Å². The average Bonchev–Trinajstić information content (AvgIpc) is 2.83. The Hall–Kier alpha value is -2.07. The minimum atomic E-state index is 0. The van der Waals surface area contributed by atoms with E-state index in [4.69, 9.17) is 9.47 Å². The molecule has 0 unspecified atom stereocenters. The molecule has 0 amide bonds. The van der Waals surface area contributed by atoms with Crippen LogP contribution in [0.25, 0.3) is 0 Å². The van der Waals surface area contributed by atoms with Crippen LogP contribution in [0.5, 0.6) is 5.75 Å².